The molecule has 14 nitrogen and oxygen atoms in total. The number of aliphatic hydroxyl groups excluding tert-OH is 1. The van der Waals surface area contributed by atoms with E-state index in [-0.39, 0.29) is 81.6 Å². The predicted octanol–water partition coefficient (Wildman–Crippen LogP) is 3.95. The van der Waals surface area contributed by atoms with Crippen molar-refractivity contribution in [1.29, 1.82) is 0 Å². The van der Waals surface area contributed by atoms with Crippen LogP contribution in [0.5, 0.6) is 5.75 Å². The average Bonchev–Trinajstić information content (AvgIpc) is 3.14. The number of ether oxygens (including phenoxy) is 6. The summed E-state index contributed by atoms with van der Waals surface area (Å²) in [6.07, 6.45) is -6.52. The summed E-state index contributed by atoms with van der Waals surface area (Å²) in [5.41, 5.74) is 0.941. The predicted molar refractivity (Wildman–Crippen MR) is 180 cm³/mol. The molecule has 0 amide bonds. The van der Waals surface area contributed by atoms with Gasteiger partial charge in [0, 0.05) is 54.9 Å². The van der Waals surface area contributed by atoms with Crippen molar-refractivity contribution in [3.63, 3.8) is 0 Å². The van der Waals surface area contributed by atoms with Crippen molar-refractivity contribution < 1.29 is 102 Å². The zero-order valence-electron chi connectivity index (χ0n) is 28.1. The Kier molecular flexibility index (Phi) is 16.8. The fraction of sp³-hybridized carbons (Fsp3) is 0.243. The Morgan fingerprint density at radius 1 is 0.808 bits per heavy atom. The molecule has 52 heavy (non-hydrogen) atoms. The van der Waals surface area contributed by atoms with Crippen molar-refractivity contribution in [3.8, 4) is 5.75 Å². The minimum Gasteiger partial charge on any atom is -0.561 e. The fourth-order valence-corrected chi connectivity index (χ4v) is 5.06. The molecule has 1 saturated heterocycles. The van der Waals surface area contributed by atoms with Crippen molar-refractivity contribution in [1.82, 2.24) is 0 Å². The van der Waals surface area contributed by atoms with Crippen LogP contribution in [0.1, 0.15) is 31.8 Å². The maximum Gasteiger partial charge on any atom is 0.549 e. The van der Waals surface area contributed by atoms with E-state index in [2.05, 4.69) is 0 Å². The normalized spacial score (nSPS) is 19.2. The van der Waals surface area contributed by atoms with Gasteiger partial charge < -0.3 is 46.1 Å². The van der Waals surface area contributed by atoms with E-state index in [1.807, 2.05) is 60.7 Å². The zero-order chi connectivity index (χ0) is 35.5. The topological polar surface area (TPSA) is 193 Å². The van der Waals surface area contributed by atoms with E-state index in [1.165, 1.54) is 0 Å². The summed E-state index contributed by atoms with van der Waals surface area (Å²) in [6.45, 7) is -1.19. The second kappa shape index (κ2) is 20.7. The number of hydrogen-bond donors (Lipinski definition) is 1. The Bertz CT molecular complexity index is 1760. The Labute approximate surface area is 335 Å². The van der Waals surface area contributed by atoms with Crippen LogP contribution in [0, 0.1) is 61.6 Å². The third-order valence-electron chi connectivity index (χ3n) is 7.58. The van der Waals surface area contributed by atoms with E-state index in [0.717, 1.165) is 29.3 Å². The van der Waals surface area contributed by atoms with Crippen LogP contribution in [0.2, 0.25) is 0 Å². The molecular formula is C37H37AcNO13. The van der Waals surface area contributed by atoms with Gasteiger partial charge in [-0.05, 0) is 35.4 Å². The van der Waals surface area contributed by atoms with E-state index in [9.17, 15) is 29.6 Å². The number of carbonyl (C=O) groups excluding carboxylic acids is 3. The molecule has 4 aromatic rings. The van der Waals surface area contributed by atoms with Crippen LogP contribution < -0.4 is 4.74 Å². The van der Waals surface area contributed by atoms with Crippen LogP contribution in [0.3, 0.4) is 0 Å². The number of aliphatic hydroxyl groups is 1. The van der Waals surface area contributed by atoms with Crippen LogP contribution >= 0.6 is 0 Å². The summed E-state index contributed by atoms with van der Waals surface area (Å²) < 4.78 is 34.8. The molecule has 0 aliphatic carbocycles. The van der Waals surface area contributed by atoms with Gasteiger partial charge in [0.1, 0.15) is 30.5 Å². The number of nitro groups is 1. The summed E-state index contributed by atoms with van der Waals surface area (Å²) in [5, 5.41) is 30.3. The Hall–Kier alpha value is -4.23. The second-order valence-electron chi connectivity index (χ2n) is 11.1. The molecule has 0 spiro atoms. The summed E-state index contributed by atoms with van der Waals surface area (Å²) in [5.74, 6) is -3.12. The van der Waals surface area contributed by atoms with Crippen molar-refractivity contribution in [2.24, 2.45) is 0 Å². The van der Waals surface area contributed by atoms with Crippen molar-refractivity contribution in [2.75, 3.05) is 13.2 Å². The second-order valence-corrected chi connectivity index (χ2v) is 11.1. The Morgan fingerprint density at radius 2 is 1.38 bits per heavy atom. The molecule has 5 rings (SSSR count). The van der Waals surface area contributed by atoms with Crippen LogP contribution in [0.15, 0.2) is 109 Å². The molecule has 2 unspecified atom stereocenters. The van der Waals surface area contributed by atoms with Crippen LogP contribution in [0.4, 0.5) is 5.69 Å². The third-order valence-corrected chi connectivity index (χ3v) is 7.58. The van der Waals surface area contributed by atoms with Gasteiger partial charge >= 0.3 is 23.6 Å². The van der Waals surface area contributed by atoms with E-state index < -0.39 is 72.4 Å². The first-order chi connectivity index (χ1) is 24.2. The first-order valence-corrected chi connectivity index (χ1v) is 15.4. The molecule has 271 valence electrons. The van der Waals surface area contributed by atoms with Crippen molar-refractivity contribution >= 4 is 23.6 Å². The molecule has 1 aliphatic rings. The van der Waals surface area contributed by atoms with Gasteiger partial charge in [-0.15, -0.1) is 0 Å². The average molecular weight is 931 g/mol. The SMILES string of the molecule is O=C(COc1ccc(C(=O)[OH2+])cc1[N+](=O)[O-])OCC1O[C@@H](OCc2ccccc2)C(OC(=O)c2ccccc2)[C@@H](O)[C@H]1OCc1ccccc1.[Ac].[CH3-]. The number of nitro benzene ring substituents is 1. The molecule has 0 saturated carbocycles. The summed E-state index contributed by atoms with van der Waals surface area (Å²) in [7, 11) is 0. The Balaban J connectivity index is 0.00000364. The molecule has 5 atom stereocenters. The molecule has 1 aliphatic heterocycles. The first kappa shape index (κ1) is 42.2. The standard InChI is InChI=1S/C36H33NO13.CH3.Ac/c38-30(22-45-28-17-16-26(34(40)41)18-27(28)37(43)44)46-21-29-32(47-19-23-10-4-1-5-11-23)31(39)33(50-35(42)25-14-8-3-9-15-25)36(49-29)48-20-24-12-6-2-7-13-24;;/h1-18,29,31-33,36,39H,19-22H2,(H,40,41);1H3;/q;-1;/p+1/t29?,31-,32-,33?,36+;;/m0../s1. The molecule has 0 bridgehead atoms. The minimum atomic E-state index is -1.51. The van der Waals surface area contributed by atoms with Gasteiger partial charge in [0.05, 0.1) is 23.7 Å². The number of benzene rings is 4. The maximum atomic E-state index is 13.1. The number of hydrogen-bond acceptors (Lipinski definition) is 12. The van der Waals surface area contributed by atoms with Crippen LogP contribution in [-0.2, 0) is 41.7 Å². The van der Waals surface area contributed by atoms with Gasteiger partial charge in [0.15, 0.2) is 24.8 Å². The van der Waals surface area contributed by atoms with E-state index in [4.69, 9.17) is 33.5 Å². The molecule has 1 heterocycles. The molecule has 0 aromatic heterocycles. The fourth-order valence-electron chi connectivity index (χ4n) is 5.06. The van der Waals surface area contributed by atoms with Gasteiger partial charge in [0.2, 0.25) is 0 Å². The van der Waals surface area contributed by atoms with Crippen LogP contribution in [-0.4, -0.2) is 77.0 Å². The third kappa shape index (κ3) is 11.6. The maximum absolute atomic E-state index is 13.1. The Morgan fingerprint density at radius 3 is 1.96 bits per heavy atom. The molecule has 15 heteroatoms. The van der Waals surface area contributed by atoms with Crippen molar-refractivity contribution in [2.45, 2.75) is 43.9 Å². The van der Waals surface area contributed by atoms with Crippen LogP contribution in [0.25, 0.3) is 0 Å². The van der Waals surface area contributed by atoms with E-state index in [0.29, 0.717) is 0 Å². The smallest absolute Gasteiger partial charge is 0.549 e. The molecule has 3 N–H and O–H groups in total. The van der Waals surface area contributed by atoms with Gasteiger partial charge in [-0.1, -0.05) is 78.9 Å². The first-order valence-electron chi connectivity index (χ1n) is 15.4. The minimum absolute atomic E-state index is 0. The quantitative estimate of drug-likeness (QED) is 0.0595. The summed E-state index contributed by atoms with van der Waals surface area (Å²) in [6, 6.07) is 29.5. The summed E-state index contributed by atoms with van der Waals surface area (Å²) in [4.78, 5) is 47.9. The number of rotatable bonds is 15. The largest absolute Gasteiger partial charge is 0.561 e. The summed E-state index contributed by atoms with van der Waals surface area (Å²) >= 11 is 0. The molecule has 4 aromatic carbocycles. The number of esters is 2. The molecule has 1 fully saturated rings. The van der Waals surface area contributed by atoms with Crippen molar-refractivity contribution in [3.05, 3.63) is 149 Å². The van der Waals surface area contributed by atoms with Gasteiger partial charge in [-0.2, -0.15) is 0 Å². The number of nitrogens with zero attached hydrogens (tertiary/aromatic N) is 1. The van der Waals surface area contributed by atoms with Gasteiger partial charge in [-0.3, -0.25) is 10.1 Å². The molecular weight excluding hydrogens is 893 g/mol. The van der Waals surface area contributed by atoms with E-state index in [1.54, 1.807) is 30.3 Å². The number of carbonyl (C=O) groups is 3. The van der Waals surface area contributed by atoms with E-state index >= 15 is 0 Å². The van der Waals surface area contributed by atoms with Gasteiger partial charge in [0.25, 0.3) is 0 Å². The zero-order valence-corrected chi connectivity index (χ0v) is 32.8. The van der Waals surface area contributed by atoms with Gasteiger partial charge in [-0.25, -0.2) is 9.59 Å². The monoisotopic (exact) mass is 930 g/mol. The molecule has 1 radical (unpaired) electrons.